The molecule has 0 aromatic rings. The third-order valence-electron chi connectivity index (χ3n) is 3.41. The Balaban J connectivity index is 2.41. The Morgan fingerprint density at radius 1 is 1.53 bits per heavy atom. The molecule has 1 saturated carbocycles. The average molecular weight is 213 g/mol. The Hall–Kier alpha value is -0.900. The van der Waals surface area contributed by atoms with E-state index >= 15 is 0 Å². The van der Waals surface area contributed by atoms with Gasteiger partial charge >= 0.3 is 0 Å². The molecule has 86 valence electrons. The van der Waals surface area contributed by atoms with Crippen molar-refractivity contribution < 1.29 is 14.7 Å². The van der Waals surface area contributed by atoms with Gasteiger partial charge in [-0.2, -0.15) is 0 Å². The molecule has 1 N–H and O–H groups in total. The highest BCUT2D eigenvalue weighted by molar-refractivity contribution is 5.56. The van der Waals surface area contributed by atoms with Crippen molar-refractivity contribution in [3.63, 3.8) is 0 Å². The first-order valence-corrected chi connectivity index (χ1v) is 5.48. The Labute approximate surface area is 90.3 Å². The van der Waals surface area contributed by atoms with Crippen LogP contribution in [0.2, 0.25) is 0 Å². The highest BCUT2D eigenvalue weighted by Crippen LogP contribution is 2.33. The van der Waals surface area contributed by atoms with Crippen molar-refractivity contribution in [1.29, 1.82) is 0 Å². The van der Waals surface area contributed by atoms with Crippen molar-refractivity contribution >= 4 is 12.7 Å². The summed E-state index contributed by atoms with van der Waals surface area (Å²) in [5.74, 6) is -0.153. The van der Waals surface area contributed by atoms with E-state index in [4.69, 9.17) is 0 Å². The number of aliphatic hydroxyl groups excluding tert-OH is 1. The molecular weight excluding hydrogens is 194 g/mol. The lowest BCUT2D eigenvalue weighted by atomic mass is 9.72. The van der Waals surface area contributed by atoms with Gasteiger partial charge < -0.3 is 14.8 Å². The summed E-state index contributed by atoms with van der Waals surface area (Å²) in [5, 5.41) is 9.59. The van der Waals surface area contributed by atoms with Gasteiger partial charge in [-0.05, 0) is 19.8 Å². The number of nitrogens with zero attached hydrogens (tertiary/aromatic N) is 1. The van der Waals surface area contributed by atoms with Crippen LogP contribution in [-0.4, -0.2) is 41.4 Å². The monoisotopic (exact) mass is 213 g/mol. The molecule has 0 aromatic carbocycles. The molecule has 4 nitrogen and oxygen atoms in total. The van der Waals surface area contributed by atoms with E-state index in [2.05, 4.69) is 0 Å². The van der Waals surface area contributed by atoms with E-state index in [9.17, 15) is 14.7 Å². The molecule has 1 aliphatic carbocycles. The van der Waals surface area contributed by atoms with E-state index in [-0.39, 0.29) is 17.9 Å². The fourth-order valence-corrected chi connectivity index (χ4v) is 1.93. The molecule has 0 heterocycles. The Kier molecular flexibility index (Phi) is 4.27. The van der Waals surface area contributed by atoms with Crippen molar-refractivity contribution in [2.24, 2.45) is 11.8 Å². The van der Waals surface area contributed by atoms with E-state index in [1.54, 1.807) is 4.90 Å². The molecule has 0 bridgehead atoms. The third kappa shape index (κ3) is 2.56. The Bertz CT molecular complexity index is 232. The molecule has 0 aromatic heterocycles. The molecule has 4 heteroatoms. The summed E-state index contributed by atoms with van der Waals surface area (Å²) in [7, 11) is 0. The van der Waals surface area contributed by atoms with Crippen LogP contribution in [0.1, 0.15) is 26.7 Å². The quantitative estimate of drug-likeness (QED) is 0.651. The minimum atomic E-state index is -0.561. The second-order valence-electron chi connectivity index (χ2n) is 4.35. The van der Waals surface area contributed by atoms with Crippen LogP contribution in [0, 0.1) is 11.8 Å². The molecule has 1 rings (SSSR count). The van der Waals surface area contributed by atoms with Crippen molar-refractivity contribution in [2.45, 2.75) is 38.8 Å². The van der Waals surface area contributed by atoms with Crippen molar-refractivity contribution in [3.8, 4) is 0 Å². The van der Waals surface area contributed by atoms with Crippen LogP contribution >= 0.6 is 0 Å². The minimum absolute atomic E-state index is 0.0689. The zero-order valence-corrected chi connectivity index (χ0v) is 9.30. The van der Waals surface area contributed by atoms with Gasteiger partial charge in [0.1, 0.15) is 6.29 Å². The number of aliphatic hydroxyl groups is 1. The standard InChI is InChI=1S/C11H19NO3/c1-3-8(2)12(7-14)5-9-4-10(6-13)11(9)15/h6-11,15H,3-5H2,1-2H3/t8-,9?,10?,11?/m0/s1. The van der Waals surface area contributed by atoms with Gasteiger partial charge in [-0.1, -0.05) is 6.92 Å². The molecule has 1 amide bonds. The summed E-state index contributed by atoms with van der Waals surface area (Å²) in [4.78, 5) is 23.0. The van der Waals surface area contributed by atoms with Crippen molar-refractivity contribution in [2.75, 3.05) is 6.54 Å². The summed E-state index contributed by atoms with van der Waals surface area (Å²) in [6.07, 6.45) is 2.67. The molecule has 0 spiro atoms. The molecular formula is C11H19NO3. The van der Waals surface area contributed by atoms with Crippen LogP contribution in [0.4, 0.5) is 0 Å². The van der Waals surface area contributed by atoms with Crippen LogP contribution in [0.25, 0.3) is 0 Å². The van der Waals surface area contributed by atoms with E-state index < -0.39 is 6.10 Å². The maximum absolute atomic E-state index is 10.8. The summed E-state index contributed by atoms with van der Waals surface area (Å²) in [6.45, 7) is 4.56. The fraction of sp³-hybridized carbons (Fsp3) is 0.818. The normalized spacial score (nSPS) is 31.5. The van der Waals surface area contributed by atoms with Crippen LogP contribution in [-0.2, 0) is 9.59 Å². The number of hydrogen-bond acceptors (Lipinski definition) is 3. The summed E-state index contributed by atoms with van der Waals surface area (Å²) < 4.78 is 0. The van der Waals surface area contributed by atoms with Gasteiger partial charge in [0.05, 0.1) is 6.10 Å². The smallest absolute Gasteiger partial charge is 0.209 e. The van der Waals surface area contributed by atoms with Gasteiger partial charge in [-0.3, -0.25) is 4.79 Å². The van der Waals surface area contributed by atoms with Gasteiger partial charge in [0, 0.05) is 24.4 Å². The first kappa shape index (κ1) is 12.2. The molecule has 0 saturated heterocycles. The van der Waals surface area contributed by atoms with Crippen LogP contribution < -0.4 is 0 Å². The van der Waals surface area contributed by atoms with Crippen LogP contribution in [0.15, 0.2) is 0 Å². The topological polar surface area (TPSA) is 57.6 Å². The Morgan fingerprint density at radius 2 is 2.20 bits per heavy atom. The molecule has 4 atom stereocenters. The number of carbonyl (C=O) groups is 2. The highest BCUT2D eigenvalue weighted by Gasteiger charge is 2.40. The van der Waals surface area contributed by atoms with E-state index in [1.165, 1.54) is 0 Å². The second kappa shape index (κ2) is 5.26. The van der Waals surface area contributed by atoms with E-state index in [0.29, 0.717) is 13.0 Å². The minimum Gasteiger partial charge on any atom is -0.392 e. The van der Waals surface area contributed by atoms with Crippen molar-refractivity contribution in [1.82, 2.24) is 4.90 Å². The second-order valence-corrected chi connectivity index (χ2v) is 4.35. The van der Waals surface area contributed by atoms with Gasteiger partial charge in [-0.25, -0.2) is 0 Å². The summed E-state index contributed by atoms with van der Waals surface area (Å²) in [6, 6.07) is 0.199. The summed E-state index contributed by atoms with van der Waals surface area (Å²) in [5.41, 5.74) is 0. The average Bonchev–Trinajstić information content (AvgIpc) is 2.27. The molecule has 3 unspecified atom stereocenters. The molecule has 0 radical (unpaired) electrons. The van der Waals surface area contributed by atoms with Crippen LogP contribution in [0.5, 0.6) is 0 Å². The van der Waals surface area contributed by atoms with E-state index in [1.807, 2.05) is 13.8 Å². The zero-order chi connectivity index (χ0) is 11.4. The molecule has 0 aliphatic heterocycles. The number of carbonyl (C=O) groups excluding carboxylic acids is 2. The number of hydrogen-bond donors (Lipinski definition) is 1. The van der Waals surface area contributed by atoms with Gasteiger partial charge in [0.15, 0.2) is 0 Å². The van der Waals surface area contributed by atoms with Gasteiger partial charge in [-0.15, -0.1) is 0 Å². The first-order valence-electron chi connectivity index (χ1n) is 5.48. The van der Waals surface area contributed by atoms with Crippen LogP contribution in [0.3, 0.4) is 0 Å². The first-order chi connectivity index (χ1) is 7.13. The number of amides is 1. The van der Waals surface area contributed by atoms with Gasteiger partial charge in [0.2, 0.25) is 6.41 Å². The van der Waals surface area contributed by atoms with E-state index in [0.717, 1.165) is 19.1 Å². The molecule has 15 heavy (non-hydrogen) atoms. The largest absolute Gasteiger partial charge is 0.392 e. The fourth-order valence-electron chi connectivity index (χ4n) is 1.93. The Morgan fingerprint density at radius 3 is 2.60 bits per heavy atom. The summed E-state index contributed by atoms with van der Waals surface area (Å²) >= 11 is 0. The number of rotatable bonds is 6. The maximum atomic E-state index is 10.8. The molecule has 1 fully saturated rings. The third-order valence-corrected chi connectivity index (χ3v) is 3.41. The lowest BCUT2D eigenvalue weighted by Crippen LogP contribution is -2.49. The number of aldehydes is 1. The zero-order valence-electron chi connectivity index (χ0n) is 9.30. The lowest BCUT2D eigenvalue weighted by molar-refractivity contribution is -0.130. The maximum Gasteiger partial charge on any atom is 0.209 e. The highest BCUT2D eigenvalue weighted by atomic mass is 16.3. The van der Waals surface area contributed by atoms with Crippen molar-refractivity contribution in [3.05, 3.63) is 0 Å². The predicted octanol–water partition coefficient (Wildman–Crippen LogP) is 0.439. The SMILES string of the molecule is CC[C@H](C)N(C=O)CC1CC(C=O)C1O. The lowest BCUT2D eigenvalue weighted by Gasteiger charge is -2.41. The van der Waals surface area contributed by atoms with Gasteiger partial charge in [0.25, 0.3) is 0 Å². The predicted molar refractivity (Wildman–Crippen MR) is 56.2 cm³/mol. The molecule has 1 aliphatic rings.